The summed E-state index contributed by atoms with van der Waals surface area (Å²) >= 11 is 0. The van der Waals surface area contributed by atoms with E-state index in [1.165, 1.54) is 19.1 Å². The molecule has 38 heavy (non-hydrogen) atoms. The number of ether oxygens (including phenoxy) is 2. The van der Waals surface area contributed by atoms with Crippen molar-refractivity contribution in [3.63, 3.8) is 0 Å². The number of methoxy groups -OCH3 is 2. The lowest BCUT2D eigenvalue weighted by molar-refractivity contribution is -0.139. The van der Waals surface area contributed by atoms with E-state index >= 15 is 0 Å². The number of nitriles is 2. The number of piperidine rings is 1. The van der Waals surface area contributed by atoms with Gasteiger partial charge in [-0.1, -0.05) is 37.3 Å². The summed E-state index contributed by atoms with van der Waals surface area (Å²) in [4.78, 5) is 29.9. The Hall–Kier alpha value is -4.76. The first-order valence-corrected chi connectivity index (χ1v) is 12.3. The van der Waals surface area contributed by atoms with Crippen LogP contribution in [0.3, 0.4) is 0 Å². The highest BCUT2D eigenvalue weighted by Gasteiger charge is 2.43. The Morgan fingerprint density at radius 3 is 2.34 bits per heavy atom. The summed E-state index contributed by atoms with van der Waals surface area (Å²) < 4.78 is 10.1. The maximum Gasteiger partial charge on any atom is 0.355 e. The molecule has 2 atom stereocenters. The highest BCUT2D eigenvalue weighted by molar-refractivity contribution is 6.06. The second-order valence-corrected chi connectivity index (χ2v) is 9.34. The molecule has 2 unspecified atom stereocenters. The van der Waals surface area contributed by atoms with Gasteiger partial charge in [0.2, 0.25) is 0 Å². The average Bonchev–Trinajstić information content (AvgIpc) is 2.95. The van der Waals surface area contributed by atoms with Crippen LogP contribution >= 0.6 is 0 Å². The molecule has 0 amide bonds. The van der Waals surface area contributed by atoms with Crippen LogP contribution in [0, 0.1) is 28.6 Å². The third kappa shape index (κ3) is 4.67. The van der Waals surface area contributed by atoms with E-state index in [0.29, 0.717) is 22.7 Å². The van der Waals surface area contributed by atoms with Crippen molar-refractivity contribution in [2.45, 2.75) is 25.7 Å². The second-order valence-electron chi connectivity index (χ2n) is 9.34. The van der Waals surface area contributed by atoms with Gasteiger partial charge in [-0.05, 0) is 42.5 Å². The molecule has 0 spiro atoms. The Morgan fingerprint density at radius 2 is 1.74 bits per heavy atom. The summed E-state index contributed by atoms with van der Waals surface area (Å²) in [5.41, 5.74) is 8.47. The van der Waals surface area contributed by atoms with Crippen molar-refractivity contribution in [2.75, 3.05) is 37.1 Å². The topological polar surface area (TPSA) is 133 Å². The third-order valence-corrected chi connectivity index (χ3v) is 6.97. The number of hydrogen-bond donors (Lipinski definition) is 1. The number of anilines is 2. The molecule has 0 bridgehead atoms. The lowest BCUT2D eigenvalue weighted by Gasteiger charge is -2.37. The Morgan fingerprint density at radius 1 is 1.03 bits per heavy atom. The fraction of sp³-hybridized carbons (Fsp3) is 0.310. The lowest BCUT2D eigenvalue weighted by Crippen LogP contribution is -2.41. The number of hydrogen-bond acceptors (Lipinski definition) is 9. The van der Waals surface area contributed by atoms with Crippen LogP contribution in [0.15, 0.2) is 71.2 Å². The highest BCUT2D eigenvalue weighted by atomic mass is 16.5. The first-order valence-electron chi connectivity index (χ1n) is 12.3. The van der Waals surface area contributed by atoms with Crippen molar-refractivity contribution in [1.82, 2.24) is 0 Å². The van der Waals surface area contributed by atoms with E-state index < -0.39 is 17.9 Å². The Balaban J connectivity index is 1.95. The van der Waals surface area contributed by atoms with E-state index in [1.807, 2.05) is 0 Å². The molecule has 0 aliphatic carbocycles. The zero-order chi connectivity index (χ0) is 27.4. The molecule has 2 aliphatic heterocycles. The molecule has 0 saturated carbocycles. The predicted octanol–water partition coefficient (Wildman–Crippen LogP) is 3.69. The normalized spacial score (nSPS) is 19.5. The van der Waals surface area contributed by atoms with Gasteiger partial charge in [-0.3, -0.25) is 4.90 Å². The minimum absolute atomic E-state index is 0.0439. The summed E-state index contributed by atoms with van der Waals surface area (Å²) in [5.74, 6) is -2.14. The molecular weight excluding hydrogens is 482 g/mol. The van der Waals surface area contributed by atoms with Crippen molar-refractivity contribution in [2.24, 2.45) is 11.7 Å². The van der Waals surface area contributed by atoms with Crippen LogP contribution in [-0.2, 0) is 19.1 Å². The van der Waals surface area contributed by atoms with E-state index in [1.54, 1.807) is 48.5 Å². The van der Waals surface area contributed by atoms with Gasteiger partial charge >= 0.3 is 11.9 Å². The van der Waals surface area contributed by atoms with Crippen LogP contribution in [0.5, 0.6) is 0 Å². The van der Waals surface area contributed by atoms with Crippen LogP contribution in [0.2, 0.25) is 0 Å². The van der Waals surface area contributed by atoms with Gasteiger partial charge in [0.1, 0.15) is 17.6 Å². The van der Waals surface area contributed by atoms with E-state index in [2.05, 4.69) is 24.0 Å². The molecule has 1 saturated heterocycles. The SMILES string of the molecule is COC(=O)C1=C(C(=O)OC)N(c2ccc(N3CCCC(C)C3)c(C#N)c2)C(N)=C(C#N)C1c1ccccc1. The molecular formula is C29H29N5O4. The summed E-state index contributed by atoms with van der Waals surface area (Å²) in [6.45, 7) is 3.85. The van der Waals surface area contributed by atoms with E-state index in [4.69, 9.17) is 15.2 Å². The highest BCUT2D eigenvalue weighted by Crippen LogP contribution is 2.43. The molecule has 0 radical (unpaired) electrons. The summed E-state index contributed by atoms with van der Waals surface area (Å²) in [6, 6.07) is 18.3. The van der Waals surface area contributed by atoms with Crippen molar-refractivity contribution in [1.29, 1.82) is 10.5 Å². The smallest absolute Gasteiger partial charge is 0.355 e. The van der Waals surface area contributed by atoms with Gasteiger partial charge < -0.3 is 20.1 Å². The largest absolute Gasteiger partial charge is 0.466 e. The lowest BCUT2D eigenvalue weighted by atomic mass is 9.81. The van der Waals surface area contributed by atoms with Gasteiger partial charge in [0.25, 0.3) is 0 Å². The van der Waals surface area contributed by atoms with Gasteiger partial charge in [-0.25, -0.2) is 9.59 Å². The summed E-state index contributed by atoms with van der Waals surface area (Å²) in [6.07, 6.45) is 2.16. The molecule has 0 aromatic heterocycles. The summed E-state index contributed by atoms with van der Waals surface area (Å²) in [7, 11) is 2.40. The predicted molar refractivity (Wildman–Crippen MR) is 141 cm³/mol. The monoisotopic (exact) mass is 511 g/mol. The van der Waals surface area contributed by atoms with Crippen molar-refractivity contribution in [3.05, 3.63) is 82.3 Å². The van der Waals surface area contributed by atoms with Crippen molar-refractivity contribution < 1.29 is 19.1 Å². The van der Waals surface area contributed by atoms with Crippen molar-refractivity contribution in [3.8, 4) is 12.1 Å². The van der Waals surface area contributed by atoms with Gasteiger partial charge in [0, 0.05) is 18.8 Å². The molecule has 194 valence electrons. The number of allylic oxidation sites excluding steroid dienone is 1. The quantitative estimate of drug-likeness (QED) is 0.597. The molecule has 2 aromatic carbocycles. The van der Waals surface area contributed by atoms with Crippen LogP contribution < -0.4 is 15.5 Å². The first-order chi connectivity index (χ1) is 18.4. The van der Waals surface area contributed by atoms with E-state index in [0.717, 1.165) is 31.6 Å². The van der Waals surface area contributed by atoms with E-state index in [9.17, 15) is 20.1 Å². The second kappa shape index (κ2) is 11.1. The Bertz CT molecular complexity index is 1400. The molecule has 2 N–H and O–H groups in total. The Kier molecular flexibility index (Phi) is 7.68. The minimum atomic E-state index is -0.955. The maximum atomic E-state index is 13.2. The molecule has 1 fully saturated rings. The van der Waals surface area contributed by atoms with Gasteiger partial charge in [0.15, 0.2) is 0 Å². The van der Waals surface area contributed by atoms with Crippen LogP contribution in [0.1, 0.15) is 36.8 Å². The molecule has 2 aromatic rings. The standard InChI is InChI=1S/C29H29N5O4/c1-18-8-7-13-33(17-18)23-12-11-21(14-20(23)15-30)34-26(29(36)38-3)25(28(35)37-2)24(22(16-31)27(34)32)19-9-5-4-6-10-19/h4-6,9-12,14,18,24H,7-8,13,17,32H2,1-3H3. The number of carbonyl (C=O) groups is 2. The zero-order valence-electron chi connectivity index (χ0n) is 21.6. The number of carbonyl (C=O) groups excluding carboxylic acids is 2. The summed E-state index contributed by atoms with van der Waals surface area (Å²) in [5, 5.41) is 20.2. The molecule has 9 nitrogen and oxygen atoms in total. The number of benzene rings is 2. The fourth-order valence-electron chi connectivity index (χ4n) is 5.22. The number of nitrogens with two attached hydrogens (primary N) is 1. The maximum absolute atomic E-state index is 13.2. The Labute approximate surface area is 221 Å². The van der Waals surface area contributed by atoms with Gasteiger partial charge in [0.05, 0.1) is 48.6 Å². The number of nitrogens with zero attached hydrogens (tertiary/aromatic N) is 4. The van der Waals surface area contributed by atoms with Gasteiger partial charge in [-0.2, -0.15) is 10.5 Å². The van der Waals surface area contributed by atoms with Gasteiger partial charge in [-0.15, -0.1) is 0 Å². The minimum Gasteiger partial charge on any atom is -0.466 e. The van der Waals surface area contributed by atoms with Crippen LogP contribution in [-0.4, -0.2) is 39.2 Å². The average molecular weight is 512 g/mol. The molecule has 2 aliphatic rings. The van der Waals surface area contributed by atoms with Crippen LogP contribution in [0.25, 0.3) is 0 Å². The zero-order valence-corrected chi connectivity index (χ0v) is 21.6. The molecule has 4 rings (SSSR count). The molecule has 2 heterocycles. The number of esters is 2. The third-order valence-electron chi connectivity index (χ3n) is 6.97. The number of rotatable bonds is 5. The first kappa shape index (κ1) is 26.3. The van der Waals surface area contributed by atoms with Crippen molar-refractivity contribution >= 4 is 23.3 Å². The molecule has 9 heteroatoms. The fourth-order valence-corrected chi connectivity index (χ4v) is 5.22. The van der Waals surface area contributed by atoms with Crippen LogP contribution in [0.4, 0.5) is 11.4 Å². The van der Waals surface area contributed by atoms with E-state index in [-0.39, 0.29) is 22.7 Å².